The molecule has 2 fully saturated rings. The van der Waals surface area contributed by atoms with Crippen LogP contribution in [0.1, 0.15) is 49.4 Å². The van der Waals surface area contributed by atoms with Crippen LogP contribution in [0, 0.1) is 29.5 Å². The fraction of sp³-hybridized carbons (Fsp3) is 0.371. The summed E-state index contributed by atoms with van der Waals surface area (Å²) in [5.41, 5.74) is 4.85. The molecule has 2 saturated heterocycles. The van der Waals surface area contributed by atoms with Crippen molar-refractivity contribution < 1.29 is 13.9 Å². The molecule has 46 heavy (non-hydrogen) atoms. The van der Waals surface area contributed by atoms with Crippen molar-refractivity contribution in [2.24, 2.45) is 5.41 Å². The number of fused-ring (bicyclic) bond motifs is 1. The average Bonchev–Trinajstić information content (AvgIpc) is 3.76. The van der Waals surface area contributed by atoms with Gasteiger partial charge < -0.3 is 19.5 Å². The van der Waals surface area contributed by atoms with Gasteiger partial charge in [0.25, 0.3) is 0 Å². The number of anilines is 1. The molecule has 6 rings (SSSR count). The molecule has 9 nitrogen and oxygen atoms in total. The van der Waals surface area contributed by atoms with Gasteiger partial charge in [-0.05, 0) is 67.8 Å². The van der Waals surface area contributed by atoms with E-state index in [0.29, 0.717) is 48.1 Å². The summed E-state index contributed by atoms with van der Waals surface area (Å²) in [5, 5.41) is 14.0. The quantitative estimate of drug-likeness (QED) is 0.205. The summed E-state index contributed by atoms with van der Waals surface area (Å²) >= 11 is 6.22. The van der Waals surface area contributed by atoms with Crippen molar-refractivity contribution in [1.29, 1.82) is 5.26 Å². The van der Waals surface area contributed by atoms with Crippen molar-refractivity contribution in [1.82, 2.24) is 24.8 Å². The van der Waals surface area contributed by atoms with Crippen LogP contribution in [0.5, 0.6) is 11.5 Å². The van der Waals surface area contributed by atoms with E-state index < -0.39 is 5.82 Å². The van der Waals surface area contributed by atoms with Crippen molar-refractivity contribution in [2.75, 3.05) is 31.1 Å². The normalized spacial score (nSPS) is 17.9. The number of ether oxygens (including phenoxy) is 1. The monoisotopic (exact) mass is 641 g/mol. The summed E-state index contributed by atoms with van der Waals surface area (Å²) in [4.78, 5) is 25.2. The zero-order valence-electron chi connectivity index (χ0n) is 26.2. The molecule has 4 aromatic rings. The van der Waals surface area contributed by atoms with E-state index in [4.69, 9.17) is 16.3 Å². The fourth-order valence-electron chi connectivity index (χ4n) is 6.77. The van der Waals surface area contributed by atoms with Crippen LogP contribution in [-0.2, 0) is 17.9 Å². The molecular formula is C35H37ClFN7O2. The maximum atomic E-state index is 13.6. The molecule has 1 spiro atoms. The number of nitrogens with zero attached hydrogens (tertiary/aromatic N) is 6. The Morgan fingerprint density at radius 1 is 1.20 bits per heavy atom. The van der Waals surface area contributed by atoms with Gasteiger partial charge in [0.1, 0.15) is 29.7 Å². The Hall–Kier alpha value is -4.46. The minimum Gasteiger partial charge on any atom is -0.450 e. The molecule has 2 aromatic heterocycles. The van der Waals surface area contributed by atoms with Crippen molar-refractivity contribution >= 4 is 34.2 Å². The molecule has 4 heterocycles. The number of hydrogen-bond acceptors (Lipinski definition) is 7. The number of nitriles is 1. The number of allylic oxidation sites excluding steroid dienone is 1. The van der Waals surface area contributed by atoms with Crippen LogP contribution in [0.25, 0.3) is 10.9 Å². The minimum atomic E-state index is -0.424. The number of hydrogen-bond donors (Lipinski definition) is 1. The van der Waals surface area contributed by atoms with Crippen molar-refractivity contribution in [3.8, 4) is 17.6 Å². The Morgan fingerprint density at radius 3 is 2.80 bits per heavy atom. The molecule has 2 aliphatic rings. The van der Waals surface area contributed by atoms with E-state index in [1.54, 1.807) is 13.1 Å². The highest BCUT2D eigenvalue weighted by Gasteiger charge is 2.44. The summed E-state index contributed by atoms with van der Waals surface area (Å²) in [7, 11) is 0. The second-order valence-electron chi connectivity index (χ2n) is 12.4. The van der Waals surface area contributed by atoms with Crippen LogP contribution in [0.4, 0.5) is 10.2 Å². The van der Waals surface area contributed by atoms with Gasteiger partial charge in [-0.1, -0.05) is 31.2 Å². The van der Waals surface area contributed by atoms with E-state index in [2.05, 4.69) is 56.8 Å². The van der Waals surface area contributed by atoms with Crippen molar-refractivity contribution in [3.63, 3.8) is 0 Å². The molecule has 1 N–H and O–H groups in total. The third kappa shape index (κ3) is 6.43. The summed E-state index contributed by atoms with van der Waals surface area (Å²) in [6.45, 7) is 13.0. The average molecular weight is 642 g/mol. The Balaban J connectivity index is 1.13. The summed E-state index contributed by atoms with van der Waals surface area (Å²) in [6.07, 6.45) is 6.23. The molecule has 0 saturated carbocycles. The second kappa shape index (κ2) is 13.1. The fourth-order valence-corrected chi connectivity index (χ4v) is 6.98. The first kappa shape index (κ1) is 31.5. The van der Waals surface area contributed by atoms with Crippen LogP contribution in [0.3, 0.4) is 0 Å². The van der Waals surface area contributed by atoms with Crippen molar-refractivity contribution in [2.45, 2.75) is 52.6 Å². The number of aromatic nitrogens is 3. The van der Waals surface area contributed by atoms with Crippen molar-refractivity contribution in [3.05, 3.63) is 88.9 Å². The molecule has 11 heteroatoms. The standard InChI is InChI=1S/C35H37ClFN7O2/c1-4-33(45)41-23(2)9-12-44-27(17-38)16-28-24(3)25(5-7-30(28)44)19-42-13-10-35(20-42)11-14-43(21-35)34-32(18-39-22-40-34)46-31-8-6-26(37)15-29(31)36/h5-8,15-16,18,22H,2,4,9-14,19-21H2,1,3H3,(H,41,45). The van der Waals surface area contributed by atoms with Gasteiger partial charge in [-0.2, -0.15) is 5.26 Å². The maximum absolute atomic E-state index is 13.6. The molecule has 0 aliphatic carbocycles. The highest BCUT2D eigenvalue weighted by Crippen LogP contribution is 2.44. The van der Waals surface area contributed by atoms with Gasteiger partial charge in [-0.25, -0.2) is 14.4 Å². The molecule has 1 unspecified atom stereocenters. The lowest BCUT2D eigenvalue weighted by Crippen LogP contribution is -2.31. The molecular weight excluding hydrogens is 605 g/mol. The number of nitrogens with one attached hydrogen (secondary N) is 1. The van der Waals surface area contributed by atoms with E-state index in [1.165, 1.54) is 35.7 Å². The van der Waals surface area contributed by atoms with E-state index in [1.807, 2.05) is 10.6 Å². The van der Waals surface area contributed by atoms with E-state index in [0.717, 1.165) is 56.5 Å². The highest BCUT2D eigenvalue weighted by atomic mass is 35.5. The van der Waals surface area contributed by atoms with Crippen LogP contribution in [0.2, 0.25) is 5.02 Å². The SMILES string of the molecule is C=C(CCn1c(C#N)cc2c(C)c(CN3CCC4(CCN(c5ncncc5Oc5ccc(F)cc5Cl)C4)C3)ccc21)NC(=O)CC. The first-order valence-electron chi connectivity index (χ1n) is 15.6. The summed E-state index contributed by atoms with van der Waals surface area (Å²) < 4.78 is 21.6. The molecule has 1 atom stereocenters. The van der Waals surface area contributed by atoms with Gasteiger partial charge in [-0.15, -0.1) is 0 Å². The summed E-state index contributed by atoms with van der Waals surface area (Å²) in [5.74, 6) is 1.08. The number of rotatable bonds is 10. The zero-order chi connectivity index (χ0) is 32.4. The Labute approximate surface area is 273 Å². The van der Waals surface area contributed by atoms with Crippen LogP contribution >= 0.6 is 11.6 Å². The van der Waals surface area contributed by atoms with Gasteiger partial charge in [-0.3, -0.25) is 9.69 Å². The van der Waals surface area contributed by atoms with Gasteiger partial charge in [0, 0.05) is 67.6 Å². The number of aryl methyl sites for hydroxylation is 2. The first-order valence-corrected chi connectivity index (χ1v) is 16.0. The number of carbonyl (C=O) groups excluding carboxylic acids is 1. The molecule has 238 valence electrons. The molecule has 1 amide bonds. The van der Waals surface area contributed by atoms with Crippen LogP contribution in [-0.4, -0.2) is 51.5 Å². The smallest absolute Gasteiger partial charge is 0.223 e. The molecule has 2 aliphatic heterocycles. The van der Waals surface area contributed by atoms with Gasteiger partial charge >= 0.3 is 0 Å². The van der Waals surface area contributed by atoms with E-state index in [-0.39, 0.29) is 16.3 Å². The number of amides is 1. The third-order valence-corrected chi connectivity index (χ3v) is 9.57. The Bertz CT molecular complexity index is 1850. The predicted octanol–water partition coefficient (Wildman–Crippen LogP) is 6.73. The van der Waals surface area contributed by atoms with E-state index >= 15 is 0 Å². The van der Waals surface area contributed by atoms with Gasteiger partial charge in [0.05, 0.1) is 11.2 Å². The first-order chi connectivity index (χ1) is 22.2. The Morgan fingerprint density at radius 2 is 2.02 bits per heavy atom. The predicted molar refractivity (Wildman–Crippen MR) is 176 cm³/mol. The number of halogens is 2. The van der Waals surface area contributed by atoms with Gasteiger partial charge in [0.15, 0.2) is 11.6 Å². The Kier molecular flexibility index (Phi) is 8.98. The summed E-state index contributed by atoms with van der Waals surface area (Å²) in [6, 6.07) is 12.7. The zero-order valence-corrected chi connectivity index (χ0v) is 26.9. The molecule has 0 bridgehead atoms. The number of likely N-dealkylation sites (tertiary alicyclic amines) is 1. The third-order valence-electron chi connectivity index (χ3n) is 9.28. The van der Waals surface area contributed by atoms with Gasteiger partial charge in [0.2, 0.25) is 5.91 Å². The lowest BCUT2D eigenvalue weighted by molar-refractivity contribution is -0.120. The number of carbonyl (C=O) groups is 1. The lowest BCUT2D eigenvalue weighted by Gasteiger charge is -2.26. The largest absolute Gasteiger partial charge is 0.450 e. The lowest BCUT2D eigenvalue weighted by atomic mass is 9.86. The topological polar surface area (TPSA) is 99.3 Å². The second-order valence-corrected chi connectivity index (χ2v) is 12.8. The minimum absolute atomic E-state index is 0.0580. The highest BCUT2D eigenvalue weighted by molar-refractivity contribution is 6.32. The van der Waals surface area contributed by atoms with Crippen LogP contribution in [0.15, 0.2) is 61.2 Å². The van der Waals surface area contributed by atoms with Crippen LogP contribution < -0.4 is 15.0 Å². The maximum Gasteiger partial charge on any atom is 0.223 e. The molecule has 0 radical (unpaired) electrons. The molecule has 2 aromatic carbocycles. The van der Waals surface area contributed by atoms with E-state index in [9.17, 15) is 14.4 Å². The number of benzene rings is 2.